The summed E-state index contributed by atoms with van der Waals surface area (Å²) in [6.07, 6.45) is 11.6. The summed E-state index contributed by atoms with van der Waals surface area (Å²) >= 11 is 1.71. The number of hydrogen-bond donors (Lipinski definition) is 1. The molecule has 0 aliphatic rings. The molecule has 1 N–H and O–H groups in total. The van der Waals surface area contributed by atoms with Crippen molar-refractivity contribution in [1.29, 1.82) is 0 Å². The summed E-state index contributed by atoms with van der Waals surface area (Å²) in [5.41, 5.74) is 2.46. The Labute approximate surface area is 184 Å². The van der Waals surface area contributed by atoms with Gasteiger partial charge in [-0.2, -0.15) is 0 Å². The average molecular weight is 423 g/mol. The highest BCUT2D eigenvalue weighted by molar-refractivity contribution is 7.15. The molecule has 3 aromatic rings. The molecule has 4 heteroatoms. The maximum absolute atomic E-state index is 12.9. The van der Waals surface area contributed by atoms with Gasteiger partial charge in [-0.25, -0.2) is 4.98 Å². The Balaban J connectivity index is 1.54. The monoisotopic (exact) mass is 422 g/mol. The number of fused-ring (bicyclic) bond motifs is 1. The predicted octanol–water partition coefficient (Wildman–Crippen LogP) is 7.53. The Morgan fingerprint density at radius 1 is 0.933 bits per heavy atom. The molecule has 0 radical (unpaired) electrons. The largest absolute Gasteiger partial charge is 0.352 e. The molecular weight excluding hydrogens is 388 g/mol. The Bertz CT molecular complexity index is 947. The highest BCUT2D eigenvalue weighted by Crippen LogP contribution is 2.29. The van der Waals surface area contributed by atoms with E-state index in [1.54, 1.807) is 11.3 Å². The number of thiophene rings is 1. The molecule has 1 amide bonds. The lowest BCUT2D eigenvalue weighted by molar-refractivity contribution is 0.0954. The van der Waals surface area contributed by atoms with Gasteiger partial charge in [-0.1, -0.05) is 76.5 Å². The summed E-state index contributed by atoms with van der Waals surface area (Å²) in [7, 11) is 0. The lowest BCUT2D eigenvalue weighted by Crippen LogP contribution is -2.24. The summed E-state index contributed by atoms with van der Waals surface area (Å²) in [6.45, 7) is 5.08. The number of unbranched alkanes of at least 4 members (excludes halogenated alkanes) is 8. The van der Waals surface area contributed by atoms with Crippen molar-refractivity contribution in [2.24, 2.45) is 0 Å². The zero-order valence-electron chi connectivity index (χ0n) is 18.4. The zero-order chi connectivity index (χ0) is 21.2. The fourth-order valence-corrected chi connectivity index (χ4v) is 4.62. The minimum absolute atomic E-state index is 0.00249. The molecule has 0 atom stereocenters. The normalized spacial score (nSPS) is 11.1. The number of rotatable bonds is 12. The number of hydrogen-bond acceptors (Lipinski definition) is 3. The number of aromatic nitrogens is 1. The lowest BCUT2D eigenvalue weighted by Gasteiger charge is -2.10. The first-order valence-electron chi connectivity index (χ1n) is 11.4. The van der Waals surface area contributed by atoms with Crippen molar-refractivity contribution < 1.29 is 4.79 Å². The third-order valence-electron chi connectivity index (χ3n) is 5.52. The highest BCUT2D eigenvalue weighted by atomic mass is 32.1. The van der Waals surface area contributed by atoms with Crippen molar-refractivity contribution in [2.45, 2.75) is 71.6 Å². The van der Waals surface area contributed by atoms with E-state index in [4.69, 9.17) is 4.98 Å². The van der Waals surface area contributed by atoms with Crippen molar-refractivity contribution in [3.05, 3.63) is 52.9 Å². The number of nitrogens with zero attached hydrogens (tertiary/aromatic N) is 1. The molecule has 3 nitrogen and oxygen atoms in total. The van der Waals surface area contributed by atoms with Gasteiger partial charge < -0.3 is 5.32 Å². The van der Waals surface area contributed by atoms with Crippen LogP contribution in [0.5, 0.6) is 0 Å². The molecule has 0 fully saturated rings. The molecular formula is C26H34N2OS. The van der Waals surface area contributed by atoms with Gasteiger partial charge in [-0.05, 0) is 37.6 Å². The van der Waals surface area contributed by atoms with E-state index in [1.165, 1.54) is 56.2 Å². The van der Waals surface area contributed by atoms with Crippen LogP contribution in [0.15, 0.2) is 42.5 Å². The van der Waals surface area contributed by atoms with Crippen LogP contribution in [0.2, 0.25) is 0 Å². The van der Waals surface area contributed by atoms with Crippen LogP contribution < -0.4 is 5.32 Å². The second-order valence-electron chi connectivity index (χ2n) is 8.07. The molecule has 0 aliphatic heterocycles. The van der Waals surface area contributed by atoms with Gasteiger partial charge in [0.05, 0.1) is 21.7 Å². The fraction of sp³-hybridized carbons (Fsp3) is 0.462. The summed E-state index contributed by atoms with van der Waals surface area (Å²) in [5, 5.41) is 4.05. The van der Waals surface area contributed by atoms with Gasteiger partial charge in [-0.3, -0.25) is 4.79 Å². The van der Waals surface area contributed by atoms with Crippen LogP contribution in [-0.2, 0) is 0 Å². The molecule has 0 saturated carbocycles. The fourth-order valence-electron chi connectivity index (χ4n) is 3.79. The minimum Gasteiger partial charge on any atom is -0.352 e. The molecule has 3 rings (SSSR count). The number of nitrogens with one attached hydrogen (secondary N) is 1. The van der Waals surface area contributed by atoms with Gasteiger partial charge in [0.15, 0.2) is 0 Å². The molecule has 2 heterocycles. The maximum Gasteiger partial charge on any atom is 0.252 e. The third kappa shape index (κ3) is 6.40. The number of pyridine rings is 1. The second-order valence-corrected chi connectivity index (χ2v) is 9.35. The number of carbonyl (C=O) groups excluding carboxylic acids is 1. The Kier molecular flexibility index (Phi) is 8.88. The van der Waals surface area contributed by atoms with Gasteiger partial charge in [-0.15, -0.1) is 11.3 Å². The van der Waals surface area contributed by atoms with Crippen molar-refractivity contribution >= 4 is 28.1 Å². The standard InChI is InChI=1S/C26H34N2OS/c1-3-4-5-6-7-8-9-10-13-18-27-26(29)22-19-24(25-17-16-20(2)30-25)28-23-15-12-11-14-21(22)23/h11-12,14-17,19H,3-10,13,18H2,1-2H3,(H,27,29). The molecule has 30 heavy (non-hydrogen) atoms. The predicted molar refractivity (Wildman–Crippen MR) is 129 cm³/mol. The van der Waals surface area contributed by atoms with Gasteiger partial charge in [0.1, 0.15) is 0 Å². The Morgan fingerprint density at radius 3 is 2.33 bits per heavy atom. The van der Waals surface area contributed by atoms with E-state index in [0.717, 1.165) is 40.0 Å². The molecule has 0 saturated heterocycles. The van der Waals surface area contributed by atoms with Gasteiger partial charge >= 0.3 is 0 Å². The van der Waals surface area contributed by atoms with E-state index >= 15 is 0 Å². The average Bonchev–Trinajstić information content (AvgIpc) is 3.20. The van der Waals surface area contributed by atoms with Crippen molar-refractivity contribution in [2.75, 3.05) is 6.54 Å². The number of para-hydroxylation sites is 1. The van der Waals surface area contributed by atoms with E-state index in [1.807, 2.05) is 30.3 Å². The number of carbonyl (C=O) groups is 1. The second kappa shape index (κ2) is 11.8. The van der Waals surface area contributed by atoms with E-state index < -0.39 is 0 Å². The summed E-state index contributed by atoms with van der Waals surface area (Å²) in [5.74, 6) is 0.00249. The van der Waals surface area contributed by atoms with Crippen LogP contribution in [0.25, 0.3) is 21.5 Å². The van der Waals surface area contributed by atoms with E-state index in [0.29, 0.717) is 0 Å². The van der Waals surface area contributed by atoms with Gasteiger partial charge in [0.25, 0.3) is 5.91 Å². The quantitative estimate of drug-likeness (QED) is 0.306. The van der Waals surface area contributed by atoms with E-state index in [-0.39, 0.29) is 5.91 Å². The van der Waals surface area contributed by atoms with Gasteiger partial charge in [0, 0.05) is 16.8 Å². The number of benzene rings is 1. The third-order valence-corrected chi connectivity index (χ3v) is 6.54. The summed E-state index contributed by atoms with van der Waals surface area (Å²) < 4.78 is 0. The van der Waals surface area contributed by atoms with Crippen LogP contribution >= 0.6 is 11.3 Å². The first-order chi connectivity index (χ1) is 14.7. The molecule has 0 spiro atoms. The summed E-state index contributed by atoms with van der Waals surface area (Å²) in [4.78, 5) is 20.1. The Morgan fingerprint density at radius 2 is 1.63 bits per heavy atom. The molecule has 160 valence electrons. The number of aryl methyl sites for hydroxylation is 1. The van der Waals surface area contributed by atoms with Crippen LogP contribution in [0.4, 0.5) is 0 Å². The lowest BCUT2D eigenvalue weighted by atomic mass is 10.1. The zero-order valence-corrected chi connectivity index (χ0v) is 19.2. The van der Waals surface area contributed by atoms with Gasteiger partial charge in [0.2, 0.25) is 0 Å². The minimum atomic E-state index is 0.00249. The molecule has 0 unspecified atom stereocenters. The topological polar surface area (TPSA) is 42.0 Å². The van der Waals surface area contributed by atoms with Crippen molar-refractivity contribution in [3.8, 4) is 10.6 Å². The molecule has 0 aliphatic carbocycles. The highest BCUT2D eigenvalue weighted by Gasteiger charge is 2.14. The first-order valence-corrected chi connectivity index (χ1v) is 12.3. The first kappa shape index (κ1) is 22.5. The summed E-state index contributed by atoms with van der Waals surface area (Å²) in [6, 6.07) is 14.0. The van der Waals surface area contributed by atoms with Crippen LogP contribution in [0.3, 0.4) is 0 Å². The molecule has 1 aromatic carbocycles. The van der Waals surface area contributed by atoms with E-state index in [9.17, 15) is 4.79 Å². The molecule has 0 bridgehead atoms. The van der Waals surface area contributed by atoms with Crippen LogP contribution in [0.1, 0.15) is 79.9 Å². The number of amides is 1. The maximum atomic E-state index is 12.9. The van der Waals surface area contributed by atoms with Crippen molar-refractivity contribution in [3.63, 3.8) is 0 Å². The van der Waals surface area contributed by atoms with Crippen molar-refractivity contribution in [1.82, 2.24) is 10.3 Å². The van der Waals surface area contributed by atoms with Crippen LogP contribution in [0, 0.1) is 6.92 Å². The molecule has 2 aromatic heterocycles. The SMILES string of the molecule is CCCCCCCCCCCNC(=O)c1cc(-c2ccc(C)s2)nc2ccccc12. The van der Waals surface area contributed by atoms with E-state index in [2.05, 4.69) is 31.3 Å². The Hall–Kier alpha value is -2.20. The smallest absolute Gasteiger partial charge is 0.252 e. The van der Waals surface area contributed by atoms with Crippen LogP contribution in [-0.4, -0.2) is 17.4 Å².